The Hall–Kier alpha value is 0.110. The molecule has 70 valence electrons. The zero-order valence-corrected chi connectivity index (χ0v) is 8.90. The SMILES string of the molecule is O=C1CCCCC1CNCCBr. The standard InChI is InChI=1S/C9H16BrNO/c10-5-6-11-7-8-3-1-2-4-9(8)12/h8,11H,1-7H2. The van der Waals surface area contributed by atoms with E-state index in [-0.39, 0.29) is 0 Å². The predicted molar refractivity (Wildman–Crippen MR) is 53.6 cm³/mol. The molecule has 1 rings (SSSR count). The molecule has 1 aliphatic carbocycles. The highest BCUT2D eigenvalue weighted by molar-refractivity contribution is 9.09. The van der Waals surface area contributed by atoms with Crippen molar-refractivity contribution in [3.8, 4) is 0 Å². The topological polar surface area (TPSA) is 29.1 Å². The van der Waals surface area contributed by atoms with Crippen molar-refractivity contribution in [3.63, 3.8) is 0 Å². The van der Waals surface area contributed by atoms with E-state index < -0.39 is 0 Å². The number of nitrogens with one attached hydrogen (secondary N) is 1. The first-order chi connectivity index (χ1) is 5.84. The quantitative estimate of drug-likeness (QED) is 0.592. The molecule has 12 heavy (non-hydrogen) atoms. The van der Waals surface area contributed by atoms with Crippen LogP contribution in [0.25, 0.3) is 0 Å². The Morgan fingerprint density at radius 3 is 3.00 bits per heavy atom. The minimum Gasteiger partial charge on any atom is -0.315 e. The highest BCUT2D eigenvalue weighted by atomic mass is 79.9. The van der Waals surface area contributed by atoms with Gasteiger partial charge in [0.15, 0.2) is 0 Å². The molecule has 0 heterocycles. The molecular weight excluding hydrogens is 218 g/mol. The normalized spacial score (nSPS) is 24.4. The largest absolute Gasteiger partial charge is 0.315 e. The van der Waals surface area contributed by atoms with Crippen LogP contribution < -0.4 is 5.32 Å². The van der Waals surface area contributed by atoms with Crippen LogP contribution in [0.2, 0.25) is 0 Å². The molecule has 0 aromatic heterocycles. The average Bonchev–Trinajstić information content (AvgIpc) is 2.09. The Bertz CT molecular complexity index is 149. The number of Topliss-reactive ketones (excluding diaryl/α,β-unsaturated/α-hetero) is 1. The lowest BCUT2D eigenvalue weighted by Crippen LogP contribution is -2.31. The van der Waals surface area contributed by atoms with Crippen LogP contribution in [0.3, 0.4) is 0 Å². The van der Waals surface area contributed by atoms with Crippen molar-refractivity contribution in [2.75, 3.05) is 18.4 Å². The van der Waals surface area contributed by atoms with Crippen molar-refractivity contribution in [2.24, 2.45) is 5.92 Å². The zero-order chi connectivity index (χ0) is 8.81. The van der Waals surface area contributed by atoms with E-state index in [9.17, 15) is 4.79 Å². The van der Waals surface area contributed by atoms with Crippen LogP contribution in [0.1, 0.15) is 25.7 Å². The summed E-state index contributed by atoms with van der Waals surface area (Å²) in [4.78, 5) is 11.3. The Kier molecular flexibility index (Phi) is 4.84. The van der Waals surface area contributed by atoms with Gasteiger partial charge in [0.2, 0.25) is 0 Å². The number of ketones is 1. The molecule has 1 atom stereocenters. The lowest BCUT2D eigenvalue weighted by molar-refractivity contribution is -0.124. The Morgan fingerprint density at radius 2 is 2.33 bits per heavy atom. The average molecular weight is 234 g/mol. The van der Waals surface area contributed by atoms with Crippen LogP contribution in [0.4, 0.5) is 0 Å². The Morgan fingerprint density at radius 1 is 1.50 bits per heavy atom. The first-order valence-electron chi connectivity index (χ1n) is 4.64. The first kappa shape index (κ1) is 10.2. The van der Waals surface area contributed by atoms with E-state index in [1.807, 2.05) is 0 Å². The minimum absolute atomic E-state index is 0.304. The smallest absolute Gasteiger partial charge is 0.137 e. The van der Waals surface area contributed by atoms with Gasteiger partial charge in [-0.1, -0.05) is 22.4 Å². The third kappa shape index (κ3) is 3.23. The van der Waals surface area contributed by atoms with E-state index in [2.05, 4.69) is 21.2 Å². The lowest BCUT2D eigenvalue weighted by atomic mass is 9.88. The molecule has 0 radical (unpaired) electrons. The van der Waals surface area contributed by atoms with Crippen molar-refractivity contribution in [2.45, 2.75) is 25.7 Å². The van der Waals surface area contributed by atoms with Crippen molar-refractivity contribution >= 4 is 21.7 Å². The van der Waals surface area contributed by atoms with Crippen LogP contribution >= 0.6 is 15.9 Å². The summed E-state index contributed by atoms with van der Waals surface area (Å²) in [5.74, 6) is 0.765. The molecule has 0 bridgehead atoms. The van der Waals surface area contributed by atoms with Gasteiger partial charge in [0.25, 0.3) is 0 Å². The summed E-state index contributed by atoms with van der Waals surface area (Å²) in [6.45, 7) is 1.84. The zero-order valence-electron chi connectivity index (χ0n) is 7.31. The number of halogens is 1. The molecule has 0 aromatic rings. The number of carbonyl (C=O) groups is 1. The molecule has 1 unspecified atom stereocenters. The summed E-state index contributed by atoms with van der Waals surface area (Å²) in [6, 6.07) is 0. The van der Waals surface area contributed by atoms with E-state index >= 15 is 0 Å². The van der Waals surface area contributed by atoms with Crippen molar-refractivity contribution in [3.05, 3.63) is 0 Å². The van der Waals surface area contributed by atoms with E-state index in [0.717, 1.165) is 37.7 Å². The fourth-order valence-corrected chi connectivity index (χ4v) is 1.89. The van der Waals surface area contributed by atoms with Gasteiger partial charge in [0, 0.05) is 30.8 Å². The molecule has 1 N–H and O–H groups in total. The van der Waals surface area contributed by atoms with Crippen LogP contribution in [-0.4, -0.2) is 24.2 Å². The molecule has 0 aromatic carbocycles. The first-order valence-corrected chi connectivity index (χ1v) is 5.76. The molecule has 3 heteroatoms. The van der Waals surface area contributed by atoms with Crippen LogP contribution in [0.5, 0.6) is 0 Å². The van der Waals surface area contributed by atoms with E-state index in [1.54, 1.807) is 0 Å². The van der Waals surface area contributed by atoms with Gasteiger partial charge < -0.3 is 5.32 Å². The molecule has 0 amide bonds. The van der Waals surface area contributed by atoms with Gasteiger partial charge in [0.05, 0.1) is 0 Å². The maximum absolute atomic E-state index is 11.3. The maximum atomic E-state index is 11.3. The molecule has 1 saturated carbocycles. The summed E-state index contributed by atoms with van der Waals surface area (Å²) < 4.78 is 0. The van der Waals surface area contributed by atoms with Gasteiger partial charge in [-0.3, -0.25) is 4.79 Å². The summed E-state index contributed by atoms with van der Waals surface area (Å²) in [6.07, 6.45) is 4.23. The molecule has 2 nitrogen and oxygen atoms in total. The van der Waals surface area contributed by atoms with Crippen molar-refractivity contribution in [1.82, 2.24) is 5.32 Å². The van der Waals surface area contributed by atoms with Crippen molar-refractivity contribution in [1.29, 1.82) is 0 Å². The fraction of sp³-hybridized carbons (Fsp3) is 0.889. The van der Waals surface area contributed by atoms with Crippen LogP contribution in [-0.2, 0) is 4.79 Å². The van der Waals surface area contributed by atoms with Crippen molar-refractivity contribution < 1.29 is 4.79 Å². The molecule has 1 aliphatic rings. The number of hydrogen-bond donors (Lipinski definition) is 1. The Balaban J connectivity index is 2.16. The van der Waals surface area contributed by atoms with Gasteiger partial charge in [0.1, 0.15) is 5.78 Å². The maximum Gasteiger partial charge on any atom is 0.137 e. The second kappa shape index (κ2) is 5.70. The molecular formula is C9H16BrNO. The second-order valence-corrected chi connectivity index (χ2v) is 4.10. The molecule has 0 aliphatic heterocycles. The van der Waals surface area contributed by atoms with Gasteiger partial charge in [-0.25, -0.2) is 0 Å². The summed E-state index contributed by atoms with van der Waals surface area (Å²) in [7, 11) is 0. The monoisotopic (exact) mass is 233 g/mol. The number of carbonyl (C=O) groups excluding carboxylic acids is 1. The van der Waals surface area contributed by atoms with Gasteiger partial charge >= 0.3 is 0 Å². The van der Waals surface area contributed by atoms with Gasteiger partial charge in [-0.2, -0.15) is 0 Å². The summed E-state index contributed by atoms with van der Waals surface area (Å²) in [5, 5.41) is 4.23. The number of hydrogen-bond acceptors (Lipinski definition) is 2. The fourth-order valence-electron chi connectivity index (χ4n) is 1.61. The van der Waals surface area contributed by atoms with E-state index in [0.29, 0.717) is 11.7 Å². The van der Waals surface area contributed by atoms with E-state index in [1.165, 1.54) is 6.42 Å². The van der Waals surface area contributed by atoms with Crippen LogP contribution in [0, 0.1) is 5.92 Å². The second-order valence-electron chi connectivity index (χ2n) is 3.30. The highest BCUT2D eigenvalue weighted by Crippen LogP contribution is 2.19. The third-order valence-electron chi connectivity index (χ3n) is 2.34. The number of alkyl halides is 1. The van der Waals surface area contributed by atoms with E-state index in [4.69, 9.17) is 0 Å². The minimum atomic E-state index is 0.304. The highest BCUT2D eigenvalue weighted by Gasteiger charge is 2.20. The van der Waals surface area contributed by atoms with Gasteiger partial charge in [-0.15, -0.1) is 0 Å². The third-order valence-corrected chi connectivity index (χ3v) is 2.74. The summed E-state index contributed by atoms with van der Waals surface area (Å²) in [5.41, 5.74) is 0. The van der Waals surface area contributed by atoms with Crippen LogP contribution in [0.15, 0.2) is 0 Å². The lowest BCUT2D eigenvalue weighted by Gasteiger charge is -2.20. The van der Waals surface area contributed by atoms with Gasteiger partial charge in [-0.05, 0) is 12.8 Å². The molecule has 1 fully saturated rings. The Labute approximate surface area is 82.2 Å². The molecule has 0 spiro atoms. The number of rotatable bonds is 4. The summed E-state index contributed by atoms with van der Waals surface area (Å²) >= 11 is 3.34. The molecule has 0 saturated heterocycles. The predicted octanol–water partition coefficient (Wildman–Crippen LogP) is 1.73.